The van der Waals surface area contributed by atoms with Crippen LogP contribution in [0.1, 0.15) is 43.2 Å². The van der Waals surface area contributed by atoms with Crippen LogP contribution in [0.3, 0.4) is 0 Å². The Morgan fingerprint density at radius 2 is 1.90 bits per heavy atom. The normalized spacial score (nSPS) is 16.7. The number of benzene rings is 2. The topological polar surface area (TPSA) is 87.7 Å². The average Bonchev–Trinajstić information content (AvgIpc) is 3.22. The second-order valence-electron chi connectivity index (χ2n) is 8.11. The van der Waals surface area contributed by atoms with Gasteiger partial charge < -0.3 is 10.1 Å². The van der Waals surface area contributed by atoms with Gasteiger partial charge in [0, 0.05) is 30.4 Å². The maximum atomic E-state index is 12.8. The van der Waals surface area contributed by atoms with Crippen molar-refractivity contribution in [3.63, 3.8) is 0 Å². The van der Waals surface area contributed by atoms with E-state index in [1.54, 1.807) is 36.3 Å². The molecule has 166 valence electrons. The first-order valence-electron chi connectivity index (χ1n) is 10.8. The third kappa shape index (κ3) is 4.85. The quantitative estimate of drug-likeness (QED) is 0.714. The third-order valence-electron chi connectivity index (χ3n) is 6.08. The lowest BCUT2D eigenvalue weighted by molar-refractivity contribution is 0.238. The summed E-state index contributed by atoms with van der Waals surface area (Å²) < 4.78 is 33.6. The summed E-state index contributed by atoms with van der Waals surface area (Å²) in [5.74, 6) is 0.638. The molecule has 4 rings (SSSR count). The van der Waals surface area contributed by atoms with E-state index in [0.29, 0.717) is 18.7 Å². The molecule has 1 heterocycles. The molecule has 2 aromatic carbocycles. The van der Waals surface area contributed by atoms with Crippen LogP contribution in [0.5, 0.6) is 5.75 Å². The molecule has 2 aliphatic rings. The molecule has 7 nitrogen and oxygen atoms in total. The fourth-order valence-electron chi connectivity index (χ4n) is 4.36. The van der Waals surface area contributed by atoms with Crippen LogP contribution < -0.4 is 19.7 Å². The van der Waals surface area contributed by atoms with Crippen molar-refractivity contribution >= 4 is 21.7 Å². The molecule has 31 heavy (non-hydrogen) atoms. The van der Waals surface area contributed by atoms with Crippen LogP contribution in [0.2, 0.25) is 0 Å². The SMILES string of the molecule is COc1ccccc1CNS(=O)(=O)c1ccc2c(c1)CCN2C(=O)NC1CCCCC1. The van der Waals surface area contributed by atoms with Crippen LogP contribution in [-0.4, -0.2) is 34.1 Å². The minimum Gasteiger partial charge on any atom is -0.496 e. The zero-order valence-corrected chi connectivity index (χ0v) is 18.6. The number of hydrogen-bond acceptors (Lipinski definition) is 4. The Bertz CT molecular complexity index is 1050. The molecular weight excluding hydrogens is 414 g/mol. The Kier molecular flexibility index (Phi) is 6.48. The molecule has 0 aromatic heterocycles. The van der Waals surface area contributed by atoms with Crippen LogP contribution in [0.4, 0.5) is 10.5 Å². The second kappa shape index (κ2) is 9.28. The number of para-hydroxylation sites is 1. The monoisotopic (exact) mass is 443 g/mol. The van der Waals surface area contributed by atoms with Crippen molar-refractivity contribution in [2.45, 2.75) is 56.0 Å². The van der Waals surface area contributed by atoms with Gasteiger partial charge in [-0.1, -0.05) is 37.5 Å². The first-order chi connectivity index (χ1) is 15.0. The summed E-state index contributed by atoms with van der Waals surface area (Å²) in [5, 5.41) is 3.14. The first kappa shape index (κ1) is 21.6. The first-order valence-corrected chi connectivity index (χ1v) is 12.3. The standard InChI is InChI=1S/C23H29N3O4S/c1-30-22-10-6-5-7-18(22)16-24-31(28,29)20-11-12-21-17(15-20)13-14-26(21)23(27)25-19-8-3-2-4-9-19/h5-7,10-12,15,19,24H,2-4,8-9,13-14,16H2,1H3,(H,25,27). The van der Waals surface area contributed by atoms with Crippen LogP contribution in [0, 0.1) is 0 Å². The predicted octanol–water partition coefficient (Wildman–Crippen LogP) is 3.58. The summed E-state index contributed by atoms with van der Waals surface area (Å²) in [6.45, 7) is 0.700. The van der Waals surface area contributed by atoms with Crippen LogP contribution in [0.15, 0.2) is 47.4 Å². The number of ether oxygens (including phenoxy) is 1. The molecule has 1 fully saturated rings. The predicted molar refractivity (Wildman–Crippen MR) is 120 cm³/mol. The Hall–Kier alpha value is -2.58. The van der Waals surface area contributed by atoms with E-state index < -0.39 is 10.0 Å². The maximum Gasteiger partial charge on any atom is 0.322 e. The highest BCUT2D eigenvalue weighted by Crippen LogP contribution is 2.31. The van der Waals surface area contributed by atoms with Crippen molar-refractivity contribution in [1.29, 1.82) is 0 Å². The van der Waals surface area contributed by atoms with Gasteiger partial charge in [-0.05, 0) is 49.1 Å². The molecule has 0 bridgehead atoms. The summed E-state index contributed by atoms with van der Waals surface area (Å²) in [4.78, 5) is 14.7. The van der Waals surface area contributed by atoms with E-state index >= 15 is 0 Å². The molecule has 1 saturated carbocycles. The van der Waals surface area contributed by atoms with E-state index in [9.17, 15) is 13.2 Å². The molecule has 2 aromatic rings. The largest absolute Gasteiger partial charge is 0.496 e. The number of anilines is 1. The molecule has 2 N–H and O–H groups in total. The van der Waals surface area contributed by atoms with Gasteiger partial charge in [-0.2, -0.15) is 0 Å². The van der Waals surface area contributed by atoms with E-state index in [1.807, 2.05) is 18.2 Å². The van der Waals surface area contributed by atoms with Crippen molar-refractivity contribution in [3.8, 4) is 5.75 Å². The van der Waals surface area contributed by atoms with E-state index in [0.717, 1.165) is 42.5 Å². The number of rotatable bonds is 6. The van der Waals surface area contributed by atoms with E-state index in [2.05, 4.69) is 10.0 Å². The van der Waals surface area contributed by atoms with Gasteiger partial charge in [-0.3, -0.25) is 4.90 Å². The molecule has 1 aliphatic heterocycles. The van der Waals surface area contributed by atoms with Gasteiger partial charge in [0.15, 0.2) is 0 Å². The zero-order valence-electron chi connectivity index (χ0n) is 17.8. The number of amides is 2. The minimum atomic E-state index is -3.69. The highest BCUT2D eigenvalue weighted by atomic mass is 32.2. The summed E-state index contributed by atoms with van der Waals surface area (Å²) >= 11 is 0. The van der Waals surface area contributed by atoms with Crippen molar-refractivity contribution in [2.75, 3.05) is 18.6 Å². The van der Waals surface area contributed by atoms with Gasteiger partial charge in [-0.25, -0.2) is 17.9 Å². The molecule has 0 spiro atoms. The van der Waals surface area contributed by atoms with Crippen molar-refractivity contribution in [2.24, 2.45) is 0 Å². The molecule has 0 unspecified atom stereocenters. The molecular formula is C23H29N3O4S. The molecule has 0 saturated heterocycles. The Labute approximate surface area is 183 Å². The lowest BCUT2D eigenvalue weighted by Crippen LogP contribution is -2.45. The van der Waals surface area contributed by atoms with Crippen LogP contribution in [-0.2, 0) is 23.0 Å². The summed E-state index contributed by atoms with van der Waals surface area (Å²) in [5.41, 5.74) is 2.43. The van der Waals surface area contributed by atoms with E-state index in [-0.39, 0.29) is 23.5 Å². The molecule has 0 atom stereocenters. The highest BCUT2D eigenvalue weighted by molar-refractivity contribution is 7.89. The number of nitrogens with one attached hydrogen (secondary N) is 2. The zero-order chi connectivity index (χ0) is 21.8. The lowest BCUT2D eigenvalue weighted by Gasteiger charge is -2.26. The number of carbonyl (C=O) groups is 1. The number of carbonyl (C=O) groups excluding carboxylic acids is 1. The van der Waals surface area contributed by atoms with Crippen LogP contribution in [0.25, 0.3) is 0 Å². The highest BCUT2D eigenvalue weighted by Gasteiger charge is 2.28. The van der Waals surface area contributed by atoms with Crippen molar-refractivity contribution in [1.82, 2.24) is 10.0 Å². The number of urea groups is 1. The number of fused-ring (bicyclic) bond motifs is 1. The maximum absolute atomic E-state index is 12.8. The van der Waals surface area contributed by atoms with E-state index in [4.69, 9.17) is 4.74 Å². The fraction of sp³-hybridized carbons (Fsp3) is 0.435. The van der Waals surface area contributed by atoms with Crippen molar-refractivity contribution < 1.29 is 17.9 Å². The van der Waals surface area contributed by atoms with Crippen LogP contribution >= 0.6 is 0 Å². The number of nitrogens with zero attached hydrogens (tertiary/aromatic N) is 1. The number of hydrogen-bond donors (Lipinski definition) is 2. The molecule has 2 amide bonds. The third-order valence-corrected chi connectivity index (χ3v) is 7.48. The minimum absolute atomic E-state index is 0.0874. The van der Waals surface area contributed by atoms with E-state index in [1.165, 1.54) is 6.42 Å². The fourth-order valence-corrected chi connectivity index (χ4v) is 5.42. The Morgan fingerprint density at radius 1 is 1.13 bits per heavy atom. The summed E-state index contributed by atoms with van der Waals surface area (Å²) in [6, 6.07) is 12.4. The van der Waals surface area contributed by atoms with Gasteiger partial charge in [0.25, 0.3) is 0 Å². The van der Waals surface area contributed by atoms with Gasteiger partial charge >= 0.3 is 6.03 Å². The summed E-state index contributed by atoms with van der Waals surface area (Å²) in [7, 11) is -2.13. The van der Waals surface area contributed by atoms with Gasteiger partial charge in [0.2, 0.25) is 10.0 Å². The Morgan fingerprint density at radius 3 is 2.68 bits per heavy atom. The van der Waals surface area contributed by atoms with Gasteiger partial charge in [0.05, 0.1) is 12.0 Å². The molecule has 8 heteroatoms. The Balaban J connectivity index is 1.44. The summed E-state index contributed by atoms with van der Waals surface area (Å²) in [6.07, 6.45) is 6.25. The molecule has 1 aliphatic carbocycles. The smallest absolute Gasteiger partial charge is 0.322 e. The van der Waals surface area contributed by atoms with Crippen molar-refractivity contribution in [3.05, 3.63) is 53.6 Å². The average molecular weight is 444 g/mol. The second-order valence-corrected chi connectivity index (χ2v) is 9.88. The number of sulfonamides is 1. The lowest BCUT2D eigenvalue weighted by atomic mass is 9.96. The van der Waals surface area contributed by atoms with Gasteiger partial charge in [0.1, 0.15) is 5.75 Å². The van der Waals surface area contributed by atoms with Gasteiger partial charge in [-0.15, -0.1) is 0 Å². The number of methoxy groups -OCH3 is 1. The molecule has 0 radical (unpaired) electrons.